The van der Waals surface area contributed by atoms with Gasteiger partial charge in [-0.15, -0.1) is 0 Å². The first-order chi connectivity index (χ1) is 14.7. The number of fused-ring (bicyclic) bond motifs is 1. The molecule has 5 rings (SSSR count). The van der Waals surface area contributed by atoms with Crippen molar-refractivity contribution in [2.75, 3.05) is 19.6 Å². The number of rotatable bonds is 4. The highest BCUT2D eigenvalue weighted by Gasteiger charge is 2.33. The Labute approximate surface area is 178 Å². The van der Waals surface area contributed by atoms with Gasteiger partial charge < -0.3 is 9.67 Å². The van der Waals surface area contributed by atoms with Crippen LogP contribution in [0.15, 0.2) is 60.8 Å². The third-order valence-corrected chi connectivity index (χ3v) is 6.67. The molecule has 0 amide bonds. The molecule has 1 fully saturated rings. The number of hydrogen-bond acceptors (Lipinski definition) is 4. The van der Waals surface area contributed by atoms with Crippen LogP contribution in [0.5, 0.6) is 0 Å². The molecular weight excluding hydrogens is 372 g/mol. The molecule has 30 heavy (non-hydrogen) atoms. The predicted octanol–water partition coefficient (Wildman–Crippen LogP) is 3.08. The van der Waals surface area contributed by atoms with Crippen LogP contribution in [0.25, 0.3) is 11.3 Å². The Bertz CT molecular complexity index is 999. The lowest BCUT2D eigenvalue weighted by molar-refractivity contribution is -0.0212. The van der Waals surface area contributed by atoms with Gasteiger partial charge in [0.15, 0.2) is 0 Å². The number of aliphatic hydroxyl groups excluding tert-OH is 1. The number of β-amino-alcohol motifs (C(OH)–C–C–N with tert-alkyl or cyclic N) is 1. The Morgan fingerprint density at radius 3 is 2.57 bits per heavy atom. The summed E-state index contributed by atoms with van der Waals surface area (Å²) in [4.78, 5) is 9.69. The largest absolute Gasteiger partial charge is 0.390 e. The van der Waals surface area contributed by atoms with Gasteiger partial charge in [0.1, 0.15) is 5.82 Å². The average Bonchev–Trinajstić information content (AvgIpc) is 3.14. The van der Waals surface area contributed by atoms with Crippen LogP contribution >= 0.6 is 0 Å². The van der Waals surface area contributed by atoms with Gasteiger partial charge in [-0.3, -0.25) is 9.80 Å². The number of aromatic nitrogens is 2. The molecule has 5 nitrogen and oxygen atoms in total. The third-order valence-electron chi connectivity index (χ3n) is 6.67. The summed E-state index contributed by atoms with van der Waals surface area (Å²) in [5.74, 6) is 1.05. The first-order valence-corrected chi connectivity index (χ1v) is 11.0. The molecule has 0 aliphatic carbocycles. The van der Waals surface area contributed by atoms with Crippen LogP contribution in [0.1, 0.15) is 23.4 Å². The zero-order valence-corrected chi connectivity index (χ0v) is 17.6. The monoisotopic (exact) mass is 402 g/mol. The van der Waals surface area contributed by atoms with E-state index < -0.39 is 0 Å². The molecule has 0 radical (unpaired) electrons. The van der Waals surface area contributed by atoms with Crippen LogP contribution in [0.3, 0.4) is 0 Å². The number of aryl methyl sites for hydroxylation is 1. The molecule has 1 unspecified atom stereocenters. The Morgan fingerprint density at radius 2 is 1.77 bits per heavy atom. The lowest BCUT2D eigenvalue weighted by Gasteiger charge is -2.43. The van der Waals surface area contributed by atoms with E-state index in [1.165, 1.54) is 11.1 Å². The van der Waals surface area contributed by atoms with Crippen molar-refractivity contribution < 1.29 is 5.11 Å². The molecule has 0 spiro atoms. The fraction of sp³-hybridized carbons (Fsp3) is 0.400. The molecular formula is C25H30N4O. The summed E-state index contributed by atoms with van der Waals surface area (Å²) in [6.07, 6.45) is 3.86. The van der Waals surface area contributed by atoms with E-state index in [2.05, 4.69) is 64.0 Å². The maximum Gasteiger partial charge on any atom is 0.123 e. The zero-order valence-electron chi connectivity index (χ0n) is 17.6. The van der Waals surface area contributed by atoms with Gasteiger partial charge in [-0.05, 0) is 24.0 Å². The van der Waals surface area contributed by atoms with Crippen molar-refractivity contribution >= 4 is 0 Å². The van der Waals surface area contributed by atoms with Gasteiger partial charge in [0.25, 0.3) is 0 Å². The second-order valence-corrected chi connectivity index (χ2v) is 8.67. The predicted molar refractivity (Wildman–Crippen MR) is 119 cm³/mol. The molecule has 0 saturated carbocycles. The Balaban J connectivity index is 1.22. The van der Waals surface area contributed by atoms with E-state index in [4.69, 9.17) is 4.98 Å². The molecule has 5 heteroatoms. The lowest BCUT2D eigenvalue weighted by Crippen LogP contribution is -2.54. The number of imidazole rings is 1. The quantitative estimate of drug-likeness (QED) is 0.729. The number of nitrogens with zero attached hydrogens (tertiary/aromatic N) is 4. The minimum Gasteiger partial charge on any atom is -0.390 e. The topological polar surface area (TPSA) is 44.5 Å². The molecule has 0 bridgehead atoms. The van der Waals surface area contributed by atoms with Gasteiger partial charge in [0, 0.05) is 51.0 Å². The van der Waals surface area contributed by atoms with Crippen molar-refractivity contribution in [2.45, 2.75) is 38.1 Å². The highest BCUT2D eigenvalue weighted by Crippen LogP contribution is 2.26. The van der Waals surface area contributed by atoms with Crippen molar-refractivity contribution in [3.8, 4) is 11.3 Å². The second-order valence-electron chi connectivity index (χ2n) is 8.67. The number of piperidine rings is 1. The molecule has 1 N–H and O–H groups in total. The summed E-state index contributed by atoms with van der Waals surface area (Å²) in [5.41, 5.74) is 5.03. The smallest absolute Gasteiger partial charge is 0.123 e. The summed E-state index contributed by atoms with van der Waals surface area (Å²) in [5, 5.41) is 11.0. The molecule has 1 aromatic heterocycles. The first kappa shape index (κ1) is 19.5. The molecule has 2 aliphatic heterocycles. The van der Waals surface area contributed by atoms with E-state index in [0.29, 0.717) is 6.54 Å². The van der Waals surface area contributed by atoms with E-state index in [-0.39, 0.29) is 12.1 Å². The van der Waals surface area contributed by atoms with E-state index in [9.17, 15) is 5.11 Å². The van der Waals surface area contributed by atoms with Crippen LogP contribution < -0.4 is 0 Å². The van der Waals surface area contributed by atoms with Crippen molar-refractivity contribution in [3.05, 3.63) is 77.7 Å². The molecule has 3 aromatic rings. The SMILES string of the molecule is Cn1cc(-c2ccccc2)nc1CN1CCC(N2CCc3ccccc3C2)[C@@H](O)C1. The van der Waals surface area contributed by atoms with E-state index in [1.54, 1.807) is 0 Å². The fourth-order valence-electron chi connectivity index (χ4n) is 4.95. The standard InChI is InChI=1S/C25H30N4O/c1-27-16-22(20-8-3-2-4-9-20)26-25(27)18-28-13-12-23(24(30)17-28)29-14-11-19-7-5-6-10-21(19)15-29/h2-10,16,23-24,30H,11-15,17-18H2,1H3/t23?,24-/m0/s1. The lowest BCUT2D eigenvalue weighted by atomic mass is 9.94. The number of benzene rings is 2. The van der Waals surface area contributed by atoms with Gasteiger partial charge in [-0.2, -0.15) is 0 Å². The average molecular weight is 403 g/mol. The van der Waals surface area contributed by atoms with Crippen molar-refractivity contribution in [3.63, 3.8) is 0 Å². The fourth-order valence-corrected chi connectivity index (χ4v) is 4.95. The maximum absolute atomic E-state index is 11.0. The molecule has 2 aromatic carbocycles. The summed E-state index contributed by atoms with van der Waals surface area (Å²) in [6, 6.07) is 19.3. The minimum atomic E-state index is -0.321. The van der Waals surface area contributed by atoms with E-state index in [0.717, 1.165) is 56.1 Å². The van der Waals surface area contributed by atoms with Crippen LogP contribution in [0.2, 0.25) is 0 Å². The highest BCUT2D eigenvalue weighted by atomic mass is 16.3. The molecule has 156 valence electrons. The molecule has 3 heterocycles. The van der Waals surface area contributed by atoms with E-state index in [1.807, 2.05) is 18.2 Å². The molecule has 2 atom stereocenters. The van der Waals surface area contributed by atoms with Gasteiger partial charge in [-0.1, -0.05) is 54.6 Å². The molecule has 2 aliphatic rings. The van der Waals surface area contributed by atoms with Gasteiger partial charge >= 0.3 is 0 Å². The van der Waals surface area contributed by atoms with E-state index >= 15 is 0 Å². The van der Waals surface area contributed by atoms with Crippen LogP contribution in [0, 0.1) is 0 Å². The summed E-state index contributed by atoms with van der Waals surface area (Å²) >= 11 is 0. The Morgan fingerprint density at radius 1 is 1.00 bits per heavy atom. The third kappa shape index (κ3) is 3.93. The zero-order chi connectivity index (χ0) is 20.5. The van der Waals surface area contributed by atoms with Crippen LogP contribution in [-0.4, -0.2) is 56.2 Å². The van der Waals surface area contributed by atoms with Crippen molar-refractivity contribution in [1.82, 2.24) is 19.4 Å². The van der Waals surface area contributed by atoms with Crippen LogP contribution in [0.4, 0.5) is 0 Å². The summed E-state index contributed by atoms with van der Waals surface area (Å²) < 4.78 is 2.11. The number of hydrogen-bond donors (Lipinski definition) is 1. The maximum atomic E-state index is 11.0. The summed E-state index contributed by atoms with van der Waals surface area (Å²) in [7, 11) is 2.06. The highest BCUT2D eigenvalue weighted by molar-refractivity contribution is 5.58. The normalized spacial score (nSPS) is 22.7. The van der Waals surface area contributed by atoms with Crippen molar-refractivity contribution in [1.29, 1.82) is 0 Å². The van der Waals surface area contributed by atoms with Gasteiger partial charge in [0.2, 0.25) is 0 Å². The second kappa shape index (κ2) is 8.34. The summed E-state index contributed by atoms with van der Waals surface area (Å²) in [6.45, 7) is 4.47. The van der Waals surface area contributed by atoms with Crippen molar-refractivity contribution in [2.24, 2.45) is 7.05 Å². The number of aliphatic hydroxyl groups is 1. The van der Waals surface area contributed by atoms with Gasteiger partial charge in [0.05, 0.1) is 18.3 Å². The Kier molecular flexibility index (Phi) is 5.42. The minimum absolute atomic E-state index is 0.246. The number of likely N-dealkylation sites (tertiary alicyclic amines) is 1. The first-order valence-electron chi connectivity index (χ1n) is 11.0. The molecule has 1 saturated heterocycles. The van der Waals surface area contributed by atoms with Gasteiger partial charge in [-0.25, -0.2) is 4.98 Å². The Hall–Kier alpha value is -2.47. The van der Waals surface area contributed by atoms with Crippen LogP contribution in [-0.2, 0) is 26.6 Å².